The van der Waals surface area contributed by atoms with E-state index >= 15 is 0 Å². The molecule has 0 bridgehead atoms. The minimum absolute atomic E-state index is 0.0363. The fourth-order valence-electron chi connectivity index (χ4n) is 1.66. The van der Waals surface area contributed by atoms with Crippen LogP contribution in [0.25, 0.3) is 11.5 Å². The van der Waals surface area contributed by atoms with Crippen LogP contribution in [-0.2, 0) is 4.74 Å². The topological polar surface area (TPSA) is 108 Å². The maximum Gasteiger partial charge on any atom is 0.379 e. The van der Waals surface area contributed by atoms with Crippen LogP contribution in [0.5, 0.6) is 0 Å². The fourth-order valence-corrected chi connectivity index (χ4v) is 1.66. The quantitative estimate of drug-likeness (QED) is 0.478. The van der Waals surface area contributed by atoms with E-state index in [1.807, 2.05) is 0 Å². The van der Waals surface area contributed by atoms with Crippen LogP contribution in [0, 0.1) is 17.0 Å². The molecule has 2 rings (SSSR count). The van der Waals surface area contributed by atoms with E-state index in [4.69, 9.17) is 9.26 Å². The van der Waals surface area contributed by atoms with Crippen molar-refractivity contribution in [3.05, 3.63) is 39.7 Å². The van der Waals surface area contributed by atoms with Crippen molar-refractivity contribution in [1.82, 2.24) is 10.1 Å². The molecule has 2 aromatic rings. The second kappa shape index (κ2) is 5.47. The predicted molar refractivity (Wildman–Crippen MR) is 67.1 cm³/mol. The van der Waals surface area contributed by atoms with Crippen LogP contribution in [-0.4, -0.2) is 27.6 Å². The minimum atomic E-state index is -0.703. The van der Waals surface area contributed by atoms with Crippen molar-refractivity contribution in [3.8, 4) is 11.5 Å². The highest BCUT2D eigenvalue weighted by atomic mass is 16.6. The van der Waals surface area contributed by atoms with E-state index in [1.54, 1.807) is 19.9 Å². The predicted octanol–water partition coefficient (Wildman–Crippen LogP) is 2.13. The molecule has 0 saturated heterocycles. The van der Waals surface area contributed by atoms with Gasteiger partial charge in [-0.15, -0.1) is 0 Å². The Hall–Kier alpha value is -2.77. The Morgan fingerprint density at radius 1 is 1.50 bits per heavy atom. The van der Waals surface area contributed by atoms with E-state index in [1.165, 1.54) is 12.1 Å². The van der Waals surface area contributed by atoms with Crippen molar-refractivity contribution in [3.63, 3.8) is 0 Å². The highest BCUT2D eigenvalue weighted by Gasteiger charge is 2.21. The van der Waals surface area contributed by atoms with E-state index in [9.17, 15) is 14.9 Å². The number of ether oxygens (including phenoxy) is 1. The van der Waals surface area contributed by atoms with E-state index in [0.717, 1.165) is 0 Å². The Bertz CT molecular complexity index is 665. The number of nitrogens with zero attached hydrogens (tertiary/aromatic N) is 3. The Balaban J connectivity index is 2.40. The van der Waals surface area contributed by atoms with Gasteiger partial charge >= 0.3 is 5.97 Å². The first-order valence-electron chi connectivity index (χ1n) is 5.79. The smallest absolute Gasteiger partial charge is 0.379 e. The van der Waals surface area contributed by atoms with Gasteiger partial charge in [0.25, 0.3) is 17.4 Å². The summed E-state index contributed by atoms with van der Waals surface area (Å²) in [6.07, 6.45) is 0. The average molecular weight is 277 g/mol. The summed E-state index contributed by atoms with van der Waals surface area (Å²) in [5.41, 5.74) is 0.734. The maximum absolute atomic E-state index is 11.4. The van der Waals surface area contributed by atoms with Crippen LogP contribution in [0.1, 0.15) is 23.1 Å². The number of rotatable bonds is 4. The molecule has 1 aromatic carbocycles. The number of nitro benzene ring substituents is 1. The molecule has 0 unspecified atom stereocenters. The number of benzene rings is 1. The van der Waals surface area contributed by atoms with E-state index < -0.39 is 10.9 Å². The van der Waals surface area contributed by atoms with Crippen LogP contribution in [0.2, 0.25) is 0 Å². The monoisotopic (exact) mass is 277 g/mol. The summed E-state index contributed by atoms with van der Waals surface area (Å²) in [5.74, 6) is -0.882. The minimum Gasteiger partial charge on any atom is -0.460 e. The second-order valence-electron chi connectivity index (χ2n) is 3.85. The molecule has 0 N–H and O–H groups in total. The molecule has 8 nitrogen and oxygen atoms in total. The zero-order chi connectivity index (χ0) is 14.7. The Kier molecular flexibility index (Phi) is 3.74. The molecule has 0 atom stereocenters. The number of esters is 1. The van der Waals surface area contributed by atoms with E-state index in [0.29, 0.717) is 11.1 Å². The van der Waals surface area contributed by atoms with Gasteiger partial charge in [-0.3, -0.25) is 10.1 Å². The molecule has 1 aromatic heterocycles. The number of hydrogen-bond donors (Lipinski definition) is 0. The lowest BCUT2D eigenvalue weighted by Crippen LogP contribution is -2.06. The van der Waals surface area contributed by atoms with Crippen molar-refractivity contribution in [2.75, 3.05) is 6.61 Å². The van der Waals surface area contributed by atoms with Gasteiger partial charge in [0.05, 0.1) is 11.5 Å². The summed E-state index contributed by atoms with van der Waals surface area (Å²) in [7, 11) is 0. The molecule has 1 heterocycles. The van der Waals surface area contributed by atoms with Crippen molar-refractivity contribution in [2.45, 2.75) is 13.8 Å². The molecule has 0 saturated carbocycles. The fraction of sp³-hybridized carbons (Fsp3) is 0.250. The molecule has 8 heteroatoms. The van der Waals surface area contributed by atoms with Crippen molar-refractivity contribution >= 4 is 11.7 Å². The molecule has 0 aliphatic heterocycles. The Morgan fingerprint density at radius 3 is 2.90 bits per heavy atom. The summed E-state index contributed by atoms with van der Waals surface area (Å²) in [6.45, 7) is 3.42. The Labute approximate surface area is 113 Å². The summed E-state index contributed by atoms with van der Waals surface area (Å²) in [5, 5.41) is 14.4. The highest BCUT2D eigenvalue weighted by molar-refractivity contribution is 5.85. The van der Waals surface area contributed by atoms with Crippen molar-refractivity contribution in [1.29, 1.82) is 0 Å². The first-order valence-corrected chi connectivity index (χ1v) is 5.79. The lowest BCUT2D eigenvalue weighted by Gasteiger charge is -2.00. The van der Waals surface area contributed by atoms with Crippen LogP contribution >= 0.6 is 0 Å². The molecular formula is C12H11N3O5. The van der Waals surface area contributed by atoms with E-state index in [2.05, 4.69) is 10.1 Å². The summed E-state index contributed by atoms with van der Waals surface area (Å²) >= 11 is 0. The van der Waals surface area contributed by atoms with Gasteiger partial charge in [-0.1, -0.05) is 6.07 Å². The van der Waals surface area contributed by atoms with Crippen LogP contribution in [0.4, 0.5) is 5.69 Å². The first-order chi connectivity index (χ1) is 9.54. The highest BCUT2D eigenvalue weighted by Crippen LogP contribution is 2.28. The molecule has 20 heavy (non-hydrogen) atoms. The lowest BCUT2D eigenvalue weighted by atomic mass is 10.1. The van der Waals surface area contributed by atoms with Gasteiger partial charge in [0.15, 0.2) is 0 Å². The van der Waals surface area contributed by atoms with E-state index in [-0.39, 0.29) is 24.0 Å². The zero-order valence-corrected chi connectivity index (χ0v) is 10.8. The number of hydrogen-bond acceptors (Lipinski definition) is 7. The molecular weight excluding hydrogens is 266 g/mol. The standard InChI is InChI=1S/C12H11N3O5/c1-3-19-12(16)10-13-11(20-14-10)8-5-4-6-9(7(8)2)15(17)18/h4-6H,3H2,1-2H3. The molecule has 0 fully saturated rings. The Morgan fingerprint density at radius 2 is 2.25 bits per heavy atom. The van der Waals surface area contributed by atoms with Gasteiger partial charge in [0.1, 0.15) is 0 Å². The second-order valence-corrected chi connectivity index (χ2v) is 3.85. The molecule has 0 aliphatic rings. The summed E-state index contributed by atoms with van der Waals surface area (Å²) < 4.78 is 9.69. The molecule has 0 spiro atoms. The number of carbonyl (C=O) groups is 1. The first kappa shape index (κ1) is 13.7. The number of nitro groups is 1. The maximum atomic E-state index is 11.4. The molecule has 104 valence electrons. The number of aromatic nitrogens is 2. The van der Waals surface area contributed by atoms with Crippen LogP contribution in [0.15, 0.2) is 22.7 Å². The van der Waals surface area contributed by atoms with Gasteiger partial charge in [-0.25, -0.2) is 4.79 Å². The SMILES string of the molecule is CCOC(=O)c1noc(-c2cccc([N+](=O)[O-])c2C)n1. The van der Waals surface area contributed by atoms with Crippen molar-refractivity contribution in [2.24, 2.45) is 0 Å². The van der Waals surface area contributed by atoms with Gasteiger partial charge < -0.3 is 9.26 Å². The lowest BCUT2D eigenvalue weighted by molar-refractivity contribution is -0.385. The molecule has 0 amide bonds. The third-order valence-electron chi connectivity index (χ3n) is 2.62. The van der Waals surface area contributed by atoms with Gasteiger partial charge in [-0.2, -0.15) is 4.98 Å². The van der Waals surface area contributed by atoms with Gasteiger partial charge in [-0.05, 0) is 25.1 Å². The van der Waals surface area contributed by atoms with Gasteiger partial charge in [0, 0.05) is 17.2 Å². The normalized spacial score (nSPS) is 10.3. The average Bonchev–Trinajstić information content (AvgIpc) is 2.88. The largest absolute Gasteiger partial charge is 0.460 e. The number of carbonyl (C=O) groups excluding carboxylic acids is 1. The van der Waals surface area contributed by atoms with Crippen LogP contribution < -0.4 is 0 Å². The summed E-state index contributed by atoms with van der Waals surface area (Å²) in [6, 6.07) is 4.49. The van der Waals surface area contributed by atoms with Crippen LogP contribution in [0.3, 0.4) is 0 Å². The van der Waals surface area contributed by atoms with Gasteiger partial charge in [0.2, 0.25) is 0 Å². The third-order valence-corrected chi connectivity index (χ3v) is 2.62. The molecule has 0 radical (unpaired) electrons. The zero-order valence-electron chi connectivity index (χ0n) is 10.8. The third kappa shape index (κ3) is 2.48. The summed E-state index contributed by atoms with van der Waals surface area (Å²) in [4.78, 5) is 25.7. The van der Waals surface area contributed by atoms with Crippen molar-refractivity contribution < 1.29 is 19.0 Å². The molecule has 0 aliphatic carbocycles.